The Labute approximate surface area is 226 Å². The molecule has 3 aromatic rings. The quantitative estimate of drug-likeness (QED) is 0.370. The number of carbonyl (C=O) groups is 2. The number of hydrogen-bond acceptors (Lipinski definition) is 5. The molecule has 1 N–H and O–H groups in total. The van der Waals surface area contributed by atoms with Crippen LogP contribution in [0, 0.1) is 0 Å². The molecule has 10 heteroatoms. The van der Waals surface area contributed by atoms with E-state index in [0.29, 0.717) is 5.75 Å². The third kappa shape index (κ3) is 7.80. The lowest BCUT2D eigenvalue weighted by molar-refractivity contribution is -0.139. The molecule has 0 radical (unpaired) electrons. The summed E-state index contributed by atoms with van der Waals surface area (Å²) in [4.78, 5) is 28.4. The van der Waals surface area contributed by atoms with Crippen LogP contribution in [-0.2, 0) is 32.6 Å². The second-order valence-electron chi connectivity index (χ2n) is 8.44. The molecule has 0 aliphatic heterocycles. The molecule has 0 bridgehead atoms. The molecule has 0 aromatic heterocycles. The van der Waals surface area contributed by atoms with Gasteiger partial charge < -0.3 is 15.0 Å². The molecule has 0 unspecified atom stereocenters. The summed E-state index contributed by atoms with van der Waals surface area (Å²) in [7, 11) is -0.846. The number of anilines is 1. The van der Waals surface area contributed by atoms with Crippen molar-refractivity contribution in [2.75, 3.05) is 31.3 Å². The van der Waals surface area contributed by atoms with Gasteiger partial charge in [0.25, 0.3) is 0 Å². The van der Waals surface area contributed by atoms with Crippen LogP contribution in [0.2, 0.25) is 0 Å². The first-order chi connectivity index (χ1) is 17.6. The number of sulfonamides is 1. The van der Waals surface area contributed by atoms with Crippen molar-refractivity contribution in [3.63, 3.8) is 0 Å². The number of amides is 2. The van der Waals surface area contributed by atoms with Crippen molar-refractivity contribution in [1.82, 2.24) is 10.2 Å². The van der Waals surface area contributed by atoms with Gasteiger partial charge >= 0.3 is 0 Å². The molecular weight excluding hydrogens is 558 g/mol. The van der Waals surface area contributed by atoms with E-state index in [0.717, 1.165) is 26.2 Å². The fraction of sp³-hybridized carbons (Fsp3) is 0.259. The van der Waals surface area contributed by atoms with Gasteiger partial charge in [-0.25, -0.2) is 8.42 Å². The third-order valence-electron chi connectivity index (χ3n) is 5.78. The van der Waals surface area contributed by atoms with E-state index in [1.807, 2.05) is 54.6 Å². The highest BCUT2D eigenvalue weighted by Crippen LogP contribution is 2.24. The average molecular weight is 589 g/mol. The standard InChI is InChI=1S/C27H30BrN3O5S/c1-29-27(33)25(16-20-9-5-4-6-10-20)30(18-21-11-7-12-22(28)15-21)26(32)19-31(37(3,34)35)23-13-8-14-24(17-23)36-2/h4-15,17,25H,16,18-19H2,1-3H3,(H,29,33)/t25-/m0/s1. The van der Waals surface area contributed by atoms with Crippen molar-refractivity contribution in [1.29, 1.82) is 0 Å². The highest BCUT2D eigenvalue weighted by atomic mass is 79.9. The van der Waals surface area contributed by atoms with Gasteiger partial charge in [0.05, 0.1) is 19.1 Å². The van der Waals surface area contributed by atoms with Crippen LogP contribution in [0.4, 0.5) is 5.69 Å². The van der Waals surface area contributed by atoms with Crippen molar-refractivity contribution in [3.05, 3.63) is 94.5 Å². The van der Waals surface area contributed by atoms with Gasteiger partial charge in [0, 0.05) is 30.6 Å². The number of carbonyl (C=O) groups excluding carboxylic acids is 2. The minimum atomic E-state index is -3.84. The number of benzene rings is 3. The van der Waals surface area contributed by atoms with Crippen LogP contribution in [0.15, 0.2) is 83.3 Å². The van der Waals surface area contributed by atoms with E-state index in [4.69, 9.17) is 4.74 Å². The predicted molar refractivity (Wildman–Crippen MR) is 148 cm³/mol. The van der Waals surface area contributed by atoms with Gasteiger partial charge in [-0.15, -0.1) is 0 Å². The first kappa shape index (κ1) is 28.2. The zero-order valence-electron chi connectivity index (χ0n) is 20.9. The largest absolute Gasteiger partial charge is 0.497 e. The van der Waals surface area contributed by atoms with Crippen LogP contribution >= 0.6 is 15.9 Å². The minimum absolute atomic E-state index is 0.110. The Morgan fingerprint density at radius 3 is 2.27 bits per heavy atom. The summed E-state index contributed by atoms with van der Waals surface area (Å²) in [5.74, 6) is -0.408. The number of hydrogen-bond donors (Lipinski definition) is 1. The van der Waals surface area contributed by atoms with Gasteiger partial charge in [0.15, 0.2) is 0 Å². The van der Waals surface area contributed by atoms with E-state index in [1.165, 1.54) is 19.1 Å². The molecule has 37 heavy (non-hydrogen) atoms. The summed E-state index contributed by atoms with van der Waals surface area (Å²) in [5.41, 5.74) is 1.95. The lowest BCUT2D eigenvalue weighted by atomic mass is 10.0. The van der Waals surface area contributed by atoms with Gasteiger partial charge in [-0.3, -0.25) is 13.9 Å². The van der Waals surface area contributed by atoms with Crippen LogP contribution in [0.1, 0.15) is 11.1 Å². The molecule has 0 fully saturated rings. The molecule has 1 atom stereocenters. The molecule has 0 aliphatic rings. The summed E-state index contributed by atoms with van der Waals surface area (Å²) in [6, 6.07) is 22.4. The monoisotopic (exact) mass is 587 g/mol. The zero-order valence-corrected chi connectivity index (χ0v) is 23.3. The molecule has 3 aromatic carbocycles. The van der Waals surface area contributed by atoms with E-state index in [-0.39, 0.29) is 24.6 Å². The summed E-state index contributed by atoms with van der Waals surface area (Å²) >= 11 is 3.45. The minimum Gasteiger partial charge on any atom is -0.497 e. The van der Waals surface area contributed by atoms with Crippen molar-refractivity contribution in [2.24, 2.45) is 0 Å². The van der Waals surface area contributed by atoms with Crippen LogP contribution in [0.5, 0.6) is 5.75 Å². The Morgan fingerprint density at radius 1 is 0.973 bits per heavy atom. The van der Waals surface area contributed by atoms with Crippen molar-refractivity contribution in [3.8, 4) is 5.75 Å². The van der Waals surface area contributed by atoms with E-state index >= 15 is 0 Å². The lowest BCUT2D eigenvalue weighted by Gasteiger charge is -2.33. The summed E-state index contributed by atoms with van der Waals surface area (Å²) in [6.07, 6.45) is 1.30. The van der Waals surface area contributed by atoms with E-state index < -0.39 is 28.5 Å². The van der Waals surface area contributed by atoms with E-state index in [2.05, 4.69) is 21.2 Å². The van der Waals surface area contributed by atoms with Gasteiger partial charge in [-0.2, -0.15) is 0 Å². The van der Waals surface area contributed by atoms with Gasteiger partial charge in [-0.05, 0) is 35.4 Å². The predicted octanol–water partition coefficient (Wildman–Crippen LogP) is 3.61. The number of likely N-dealkylation sites (N-methyl/N-ethyl adjacent to an activating group) is 1. The van der Waals surface area contributed by atoms with Gasteiger partial charge in [-0.1, -0.05) is 64.5 Å². The van der Waals surface area contributed by atoms with Gasteiger partial charge in [0.2, 0.25) is 21.8 Å². The number of rotatable bonds is 11. The molecule has 8 nitrogen and oxygen atoms in total. The molecule has 0 heterocycles. The first-order valence-corrected chi connectivity index (χ1v) is 14.2. The fourth-order valence-electron chi connectivity index (χ4n) is 3.93. The fourth-order valence-corrected chi connectivity index (χ4v) is 5.22. The summed E-state index contributed by atoms with van der Waals surface area (Å²) in [5, 5.41) is 2.66. The van der Waals surface area contributed by atoms with E-state index in [1.54, 1.807) is 24.3 Å². The number of halogens is 1. The Kier molecular flexibility index (Phi) is 9.71. The number of nitrogens with zero attached hydrogens (tertiary/aromatic N) is 2. The Hall–Kier alpha value is -3.37. The zero-order chi connectivity index (χ0) is 27.0. The lowest BCUT2D eigenvalue weighted by Crippen LogP contribution is -2.52. The second kappa shape index (κ2) is 12.7. The van der Waals surface area contributed by atoms with Crippen molar-refractivity contribution < 1.29 is 22.7 Å². The molecule has 196 valence electrons. The van der Waals surface area contributed by atoms with Crippen LogP contribution in [-0.4, -0.2) is 58.1 Å². The molecule has 0 spiro atoms. The Bertz CT molecular complexity index is 1330. The molecule has 0 aliphatic carbocycles. The summed E-state index contributed by atoms with van der Waals surface area (Å²) < 4.78 is 32.6. The highest BCUT2D eigenvalue weighted by molar-refractivity contribution is 9.10. The third-order valence-corrected chi connectivity index (χ3v) is 7.41. The second-order valence-corrected chi connectivity index (χ2v) is 11.3. The first-order valence-electron chi connectivity index (χ1n) is 11.5. The topological polar surface area (TPSA) is 96.0 Å². The smallest absolute Gasteiger partial charge is 0.244 e. The van der Waals surface area contributed by atoms with Crippen molar-refractivity contribution in [2.45, 2.75) is 19.0 Å². The number of nitrogens with one attached hydrogen (secondary N) is 1. The maximum absolute atomic E-state index is 13.9. The average Bonchev–Trinajstić information content (AvgIpc) is 2.88. The van der Waals surface area contributed by atoms with Crippen LogP contribution < -0.4 is 14.4 Å². The maximum Gasteiger partial charge on any atom is 0.244 e. The Balaban J connectivity index is 2.03. The van der Waals surface area contributed by atoms with E-state index in [9.17, 15) is 18.0 Å². The number of methoxy groups -OCH3 is 1. The molecule has 3 rings (SSSR count). The molecule has 0 saturated carbocycles. The highest BCUT2D eigenvalue weighted by Gasteiger charge is 2.32. The van der Waals surface area contributed by atoms with Gasteiger partial charge in [0.1, 0.15) is 18.3 Å². The molecular formula is C27H30BrN3O5S. The van der Waals surface area contributed by atoms with Crippen molar-refractivity contribution >= 4 is 43.5 Å². The number of ether oxygens (including phenoxy) is 1. The van der Waals surface area contributed by atoms with Crippen LogP contribution in [0.25, 0.3) is 0 Å². The maximum atomic E-state index is 13.9. The normalized spacial score (nSPS) is 11.9. The summed E-state index contributed by atoms with van der Waals surface area (Å²) in [6.45, 7) is -0.374. The Morgan fingerprint density at radius 2 is 1.65 bits per heavy atom. The molecule has 0 saturated heterocycles. The SMILES string of the molecule is CNC(=O)[C@H](Cc1ccccc1)N(Cc1cccc(Br)c1)C(=O)CN(c1cccc(OC)c1)S(C)(=O)=O. The van der Waals surface area contributed by atoms with Crippen LogP contribution in [0.3, 0.4) is 0 Å². The molecule has 2 amide bonds.